The second kappa shape index (κ2) is 22.3. The lowest BCUT2D eigenvalue weighted by Crippen LogP contribution is -2.37. The Morgan fingerprint density at radius 3 is 1.32 bits per heavy atom. The van der Waals surface area contributed by atoms with Gasteiger partial charge in [0.05, 0.1) is 34.6 Å². The lowest BCUT2D eigenvalue weighted by Gasteiger charge is -2.27. The molecular formula is C56H44N10O10. The molecule has 2 aliphatic rings. The molecule has 4 atom stereocenters. The minimum absolute atomic E-state index is 0.0719. The second-order valence-corrected chi connectivity index (χ2v) is 17.1. The highest BCUT2D eigenvalue weighted by molar-refractivity contribution is 6.09. The molecule has 378 valence electrons. The summed E-state index contributed by atoms with van der Waals surface area (Å²) in [4.78, 5) is 98.3. The maximum atomic E-state index is 14.2. The second-order valence-electron chi connectivity index (χ2n) is 17.1. The molecule has 4 amide bonds. The van der Waals surface area contributed by atoms with Crippen LogP contribution in [0.25, 0.3) is 22.8 Å². The molecule has 0 bridgehead atoms. The van der Waals surface area contributed by atoms with Gasteiger partial charge in [-0.15, -0.1) is 0 Å². The van der Waals surface area contributed by atoms with Crippen LogP contribution >= 0.6 is 0 Å². The van der Waals surface area contributed by atoms with Gasteiger partial charge >= 0.3 is 11.9 Å². The zero-order valence-corrected chi connectivity index (χ0v) is 39.7. The molecule has 20 nitrogen and oxygen atoms in total. The number of nitrogens with two attached hydrogens (primary N) is 2. The number of carboxylic acids is 2. The fourth-order valence-electron chi connectivity index (χ4n) is 8.39. The van der Waals surface area contributed by atoms with Crippen LogP contribution in [0.15, 0.2) is 194 Å². The number of hydrogen-bond donors (Lipinski definition) is 8. The van der Waals surface area contributed by atoms with Crippen LogP contribution in [-0.2, 0) is 19.2 Å². The van der Waals surface area contributed by atoms with Crippen LogP contribution in [0.2, 0.25) is 0 Å². The molecule has 0 fully saturated rings. The standard InChI is InChI=1S/C56H44N10O10/c57-33-24-31(51(67)65-43-16-8-22-61-49(43)41-14-1-3-20-59-41)26-35(28-33)63-53(69)47-39(55(71)72)12-6-18-45(47)75-37-10-5-11-38(30-37)76-46-19-7-13-40(56(73)74)48(46)54(70)64-36-27-32(25-34(58)29-36)52(68)66-44-17-9-23-62-50(44)42-15-2-4-21-60-42/h1-30,39-40,47-48H,57-58H2,(H,63,69)(H,64,70)(H,65,67)(H,66,68)(H,71,72)(H,73,74). The summed E-state index contributed by atoms with van der Waals surface area (Å²) >= 11 is 0. The van der Waals surface area contributed by atoms with E-state index >= 15 is 0 Å². The van der Waals surface area contributed by atoms with Crippen molar-refractivity contribution in [3.8, 4) is 34.3 Å². The van der Waals surface area contributed by atoms with Gasteiger partial charge in [0.2, 0.25) is 11.8 Å². The van der Waals surface area contributed by atoms with Crippen LogP contribution in [0.3, 0.4) is 0 Å². The predicted octanol–water partition coefficient (Wildman–Crippen LogP) is 7.85. The van der Waals surface area contributed by atoms with Crippen LogP contribution < -0.4 is 42.2 Å². The molecule has 0 aliphatic heterocycles. The summed E-state index contributed by atoms with van der Waals surface area (Å²) in [5, 5.41) is 31.6. The summed E-state index contributed by atoms with van der Waals surface area (Å²) in [7, 11) is 0. The number of allylic oxidation sites excluding steroid dienone is 4. The molecule has 0 radical (unpaired) electrons. The van der Waals surface area contributed by atoms with Crippen LogP contribution in [-0.4, -0.2) is 65.7 Å². The lowest BCUT2D eigenvalue weighted by molar-refractivity contribution is -0.144. The minimum atomic E-state index is -1.45. The molecule has 4 heterocycles. The highest BCUT2D eigenvalue weighted by Gasteiger charge is 2.40. The van der Waals surface area contributed by atoms with Gasteiger partial charge in [-0.05, 0) is 109 Å². The number of aromatic nitrogens is 4. The summed E-state index contributed by atoms with van der Waals surface area (Å²) < 4.78 is 12.4. The third kappa shape index (κ3) is 11.6. The number of carbonyl (C=O) groups excluding carboxylic acids is 4. The number of hydrogen-bond acceptors (Lipinski definition) is 14. The van der Waals surface area contributed by atoms with Gasteiger partial charge in [0.15, 0.2) is 0 Å². The number of nitrogen functional groups attached to an aromatic ring is 2. The maximum absolute atomic E-state index is 14.2. The van der Waals surface area contributed by atoms with E-state index < -0.39 is 59.2 Å². The zero-order chi connectivity index (χ0) is 53.3. The molecule has 20 heteroatoms. The topological polar surface area (TPSA) is 313 Å². The Morgan fingerprint density at radius 1 is 0.474 bits per heavy atom. The van der Waals surface area contributed by atoms with E-state index in [0.29, 0.717) is 34.2 Å². The number of aliphatic carboxylic acids is 2. The molecule has 7 aromatic rings. The summed E-state index contributed by atoms with van der Waals surface area (Å²) in [6, 6.07) is 31.5. The Morgan fingerprint density at radius 2 is 0.908 bits per heavy atom. The van der Waals surface area contributed by atoms with Crippen molar-refractivity contribution < 1.29 is 48.5 Å². The Balaban J connectivity index is 0.900. The quantitative estimate of drug-likeness (QED) is 0.0427. The smallest absolute Gasteiger partial charge is 0.311 e. The number of nitrogens with zero attached hydrogens (tertiary/aromatic N) is 4. The van der Waals surface area contributed by atoms with E-state index in [9.17, 15) is 39.0 Å². The fourth-order valence-corrected chi connectivity index (χ4v) is 8.39. The Kier molecular flexibility index (Phi) is 14.8. The predicted molar refractivity (Wildman–Crippen MR) is 281 cm³/mol. The van der Waals surface area contributed by atoms with Crippen molar-refractivity contribution in [3.05, 3.63) is 205 Å². The molecule has 2 aliphatic carbocycles. The van der Waals surface area contributed by atoms with E-state index in [1.807, 2.05) is 0 Å². The number of carbonyl (C=O) groups is 6. The highest BCUT2D eigenvalue weighted by atomic mass is 16.5. The summed E-state index contributed by atoms with van der Waals surface area (Å²) in [5.74, 6) is -11.1. The van der Waals surface area contributed by atoms with E-state index in [1.54, 1.807) is 85.5 Å². The van der Waals surface area contributed by atoms with Crippen LogP contribution in [0.4, 0.5) is 34.1 Å². The summed E-state index contributed by atoms with van der Waals surface area (Å²) in [5.41, 5.74) is 15.6. The minimum Gasteiger partial charge on any atom is -0.481 e. The Labute approximate surface area is 432 Å². The number of amides is 4. The molecule has 9 rings (SSSR count). The maximum Gasteiger partial charge on any atom is 0.311 e. The van der Waals surface area contributed by atoms with Crippen molar-refractivity contribution in [3.63, 3.8) is 0 Å². The Hall–Kier alpha value is -10.8. The third-order valence-corrected chi connectivity index (χ3v) is 11.8. The molecule has 3 aromatic carbocycles. The first-order chi connectivity index (χ1) is 36.8. The van der Waals surface area contributed by atoms with Crippen LogP contribution in [0, 0.1) is 23.7 Å². The molecule has 0 saturated heterocycles. The van der Waals surface area contributed by atoms with Crippen molar-refractivity contribution >= 4 is 69.7 Å². The third-order valence-electron chi connectivity index (χ3n) is 11.8. The molecule has 4 aromatic heterocycles. The van der Waals surface area contributed by atoms with E-state index in [2.05, 4.69) is 41.2 Å². The molecule has 10 N–H and O–H groups in total. The first-order valence-corrected chi connectivity index (χ1v) is 23.2. The van der Waals surface area contributed by atoms with E-state index in [0.717, 1.165) is 0 Å². The number of benzene rings is 3. The number of carboxylic acid groups (broad SMARTS) is 2. The monoisotopic (exact) mass is 1020 g/mol. The summed E-state index contributed by atoms with van der Waals surface area (Å²) in [6.45, 7) is 0. The highest BCUT2D eigenvalue weighted by Crippen LogP contribution is 2.36. The normalized spacial score (nSPS) is 16.5. The van der Waals surface area contributed by atoms with Crippen molar-refractivity contribution in [2.24, 2.45) is 23.7 Å². The molecule has 0 saturated carbocycles. The first-order valence-electron chi connectivity index (χ1n) is 23.2. The van der Waals surface area contributed by atoms with E-state index in [4.69, 9.17) is 20.9 Å². The largest absolute Gasteiger partial charge is 0.481 e. The van der Waals surface area contributed by atoms with Gasteiger partial charge in [-0.25, -0.2) is 0 Å². The number of ether oxygens (including phenoxy) is 2. The van der Waals surface area contributed by atoms with Crippen molar-refractivity contribution in [1.29, 1.82) is 0 Å². The Bertz CT molecular complexity index is 3320. The van der Waals surface area contributed by atoms with Gasteiger partial charge in [-0.1, -0.05) is 42.5 Å². The lowest BCUT2D eigenvalue weighted by atomic mass is 9.85. The number of pyridine rings is 4. The first kappa shape index (κ1) is 50.2. The van der Waals surface area contributed by atoms with E-state index in [1.165, 1.54) is 97.1 Å². The number of rotatable bonds is 16. The average Bonchev–Trinajstić information content (AvgIpc) is 3.41. The van der Waals surface area contributed by atoms with Crippen LogP contribution in [0.5, 0.6) is 11.5 Å². The number of nitrogens with one attached hydrogen (secondary N) is 4. The van der Waals surface area contributed by atoms with Gasteiger partial charge in [0, 0.05) is 64.7 Å². The van der Waals surface area contributed by atoms with Gasteiger partial charge in [0.1, 0.15) is 46.2 Å². The van der Waals surface area contributed by atoms with Gasteiger partial charge < -0.3 is 52.4 Å². The van der Waals surface area contributed by atoms with Crippen molar-refractivity contribution in [2.75, 3.05) is 32.7 Å². The number of anilines is 6. The van der Waals surface area contributed by atoms with Gasteiger partial charge in [-0.2, -0.15) is 0 Å². The van der Waals surface area contributed by atoms with Crippen LogP contribution in [0.1, 0.15) is 20.7 Å². The molecule has 0 spiro atoms. The van der Waals surface area contributed by atoms with Gasteiger partial charge in [0.25, 0.3) is 11.8 Å². The molecule has 4 unspecified atom stereocenters. The summed E-state index contributed by atoms with van der Waals surface area (Å²) in [6.07, 6.45) is 14.7. The molecular weight excluding hydrogens is 973 g/mol. The van der Waals surface area contributed by atoms with E-state index in [-0.39, 0.29) is 56.9 Å². The fraction of sp³-hybridized carbons (Fsp3) is 0.0714. The van der Waals surface area contributed by atoms with Crippen molar-refractivity contribution in [1.82, 2.24) is 19.9 Å². The molecule has 76 heavy (non-hydrogen) atoms. The SMILES string of the molecule is Nc1cc(NC(=O)C2C(Oc3cccc(OC4=CC=CC(C(=O)O)C4C(=O)Nc4cc(N)cc(C(=O)Nc5cccnc5-c5ccccn5)c4)c3)=CC=CC2C(=O)O)cc(C(=O)Nc2cccnc2-c2ccccn2)c1. The zero-order valence-electron chi connectivity index (χ0n) is 39.7. The van der Waals surface area contributed by atoms with Gasteiger partial charge in [-0.3, -0.25) is 48.7 Å². The average molecular weight is 1020 g/mol. The van der Waals surface area contributed by atoms with Crippen molar-refractivity contribution in [2.45, 2.75) is 0 Å².